The van der Waals surface area contributed by atoms with Crippen molar-refractivity contribution in [2.45, 2.75) is 24.8 Å². The Kier molecular flexibility index (Phi) is 6.97. The van der Waals surface area contributed by atoms with Gasteiger partial charge in [-0.1, -0.05) is 30.3 Å². The molecule has 3 aromatic rings. The topological polar surface area (TPSA) is 75.7 Å². The maximum absolute atomic E-state index is 12.9. The van der Waals surface area contributed by atoms with Crippen molar-refractivity contribution in [1.82, 2.24) is 5.32 Å². The van der Waals surface area contributed by atoms with E-state index >= 15 is 0 Å². The van der Waals surface area contributed by atoms with Crippen molar-refractivity contribution in [3.05, 3.63) is 90.0 Å². The molecule has 162 valence electrons. The van der Waals surface area contributed by atoms with Gasteiger partial charge >= 0.3 is 0 Å². The van der Waals surface area contributed by atoms with Gasteiger partial charge in [-0.05, 0) is 67.9 Å². The molecule has 0 spiro atoms. The molecular formula is C24H26N2O4S. The highest BCUT2D eigenvalue weighted by Gasteiger charge is 2.21. The maximum atomic E-state index is 12.9. The third-order valence-electron chi connectivity index (χ3n) is 4.93. The molecule has 0 aliphatic carbocycles. The van der Waals surface area contributed by atoms with E-state index in [0.29, 0.717) is 17.9 Å². The number of hydrogen-bond donors (Lipinski definition) is 1. The maximum Gasteiger partial charge on any atom is 0.264 e. The SMILES string of the molecule is CCOc1ccc(C(C)NC(=O)c2ccc(S(=O)(=O)N(C)c3ccccc3)cc2)cc1. The van der Waals surface area contributed by atoms with Crippen LogP contribution in [0.5, 0.6) is 5.75 Å². The minimum atomic E-state index is -3.72. The highest BCUT2D eigenvalue weighted by atomic mass is 32.2. The molecular weight excluding hydrogens is 412 g/mol. The normalized spacial score (nSPS) is 12.1. The second kappa shape index (κ2) is 9.66. The zero-order valence-electron chi connectivity index (χ0n) is 17.8. The van der Waals surface area contributed by atoms with E-state index in [1.165, 1.54) is 35.6 Å². The van der Waals surface area contributed by atoms with E-state index < -0.39 is 10.0 Å². The lowest BCUT2D eigenvalue weighted by molar-refractivity contribution is 0.0940. The first-order valence-electron chi connectivity index (χ1n) is 10.0. The third-order valence-corrected chi connectivity index (χ3v) is 6.73. The van der Waals surface area contributed by atoms with Gasteiger partial charge < -0.3 is 10.1 Å². The van der Waals surface area contributed by atoms with Crippen molar-refractivity contribution in [2.24, 2.45) is 0 Å². The molecule has 6 nitrogen and oxygen atoms in total. The molecule has 0 aliphatic heterocycles. The number of sulfonamides is 1. The first-order chi connectivity index (χ1) is 14.8. The highest BCUT2D eigenvalue weighted by molar-refractivity contribution is 7.92. The van der Waals surface area contributed by atoms with Crippen molar-refractivity contribution < 1.29 is 17.9 Å². The molecule has 7 heteroatoms. The summed E-state index contributed by atoms with van der Waals surface area (Å²) in [5.41, 5.74) is 1.90. The Morgan fingerprint density at radius 3 is 2.16 bits per heavy atom. The Balaban J connectivity index is 1.69. The van der Waals surface area contributed by atoms with Gasteiger partial charge in [0.1, 0.15) is 5.75 Å². The van der Waals surface area contributed by atoms with Crippen LogP contribution < -0.4 is 14.4 Å². The zero-order chi connectivity index (χ0) is 22.4. The van der Waals surface area contributed by atoms with Crippen molar-refractivity contribution in [3.8, 4) is 5.75 Å². The van der Waals surface area contributed by atoms with E-state index in [1.54, 1.807) is 24.3 Å². The van der Waals surface area contributed by atoms with E-state index in [9.17, 15) is 13.2 Å². The summed E-state index contributed by atoms with van der Waals surface area (Å²) in [6.07, 6.45) is 0. The molecule has 31 heavy (non-hydrogen) atoms. The predicted molar refractivity (Wildman–Crippen MR) is 122 cm³/mol. The number of carbonyl (C=O) groups excluding carboxylic acids is 1. The molecule has 0 aromatic heterocycles. The molecule has 0 aliphatic rings. The number of carbonyl (C=O) groups is 1. The van der Waals surface area contributed by atoms with E-state index in [1.807, 2.05) is 44.2 Å². The van der Waals surface area contributed by atoms with Gasteiger partial charge in [0.2, 0.25) is 0 Å². The summed E-state index contributed by atoms with van der Waals surface area (Å²) in [7, 11) is -2.22. The fourth-order valence-electron chi connectivity index (χ4n) is 3.10. The standard InChI is InChI=1S/C24H26N2O4S/c1-4-30-22-14-10-19(11-15-22)18(2)25-24(27)20-12-16-23(17-13-20)31(28,29)26(3)21-8-6-5-7-9-21/h5-18H,4H2,1-3H3,(H,25,27). The molecule has 1 unspecified atom stereocenters. The summed E-state index contributed by atoms with van der Waals surface area (Å²) in [4.78, 5) is 12.7. The summed E-state index contributed by atoms with van der Waals surface area (Å²) < 4.78 is 32.4. The van der Waals surface area contributed by atoms with E-state index in [-0.39, 0.29) is 16.8 Å². The first kappa shape index (κ1) is 22.4. The molecule has 0 fully saturated rings. The van der Waals surface area contributed by atoms with Crippen molar-refractivity contribution >= 4 is 21.6 Å². The molecule has 1 amide bonds. The predicted octanol–water partition coefficient (Wildman–Crippen LogP) is 4.40. The van der Waals surface area contributed by atoms with Crippen molar-refractivity contribution in [2.75, 3.05) is 18.0 Å². The van der Waals surface area contributed by atoms with Crippen LogP contribution in [0.3, 0.4) is 0 Å². The Morgan fingerprint density at radius 2 is 1.58 bits per heavy atom. The van der Waals surface area contributed by atoms with Gasteiger partial charge in [-0.25, -0.2) is 8.42 Å². The van der Waals surface area contributed by atoms with Crippen LogP contribution in [0.1, 0.15) is 35.8 Å². The highest BCUT2D eigenvalue weighted by Crippen LogP contribution is 2.22. The minimum Gasteiger partial charge on any atom is -0.494 e. The number of ether oxygens (including phenoxy) is 1. The number of anilines is 1. The van der Waals surface area contributed by atoms with Crippen LogP contribution >= 0.6 is 0 Å². The van der Waals surface area contributed by atoms with E-state index in [4.69, 9.17) is 4.74 Å². The molecule has 3 aromatic carbocycles. The van der Waals surface area contributed by atoms with Crippen LogP contribution in [0.2, 0.25) is 0 Å². The van der Waals surface area contributed by atoms with Gasteiger partial charge in [0.15, 0.2) is 0 Å². The van der Waals surface area contributed by atoms with Crippen LogP contribution in [0.25, 0.3) is 0 Å². The molecule has 0 saturated carbocycles. The summed E-state index contributed by atoms with van der Waals surface area (Å²) >= 11 is 0. The third kappa shape index (κ3) is 5.24. The first-order valence-corrected chi connectivity index (χ1v) is 11.4. The number of nitrogens with one attached hydrogen (secondary N) is 1. The van der Waals surface area contributed by atoms with Gasteiger partial charge in [0, 0.05) is 12.6 Å². The average molecular weight is 439 g/mol. The molecule has 1 atom stereocenters. The van der Waals surface area contributed by atoms with Crippen LogP contribution in [0, 0.1) is 0 Å². The lowest BCUT2D eigenvalue weighted by atomic mass is 10.1. The fraction of sp³-hybridized carbons (Fsp3) is 0.208. The Hall–Kier alpha value is -3.32. The minimum absolute atomic E-state index is 0.120. The van der Waals surface area contributed by atoms with Gasteiger partial charge in [0.25, 0.3) is 15.9 Å². The quantitative estimate of drug-likeness (QED) is 0.566. The van der Waals surface area contributed by atoms with E-state index in [0.717, 1.165) is 11.3 Å². The second-order valence-electron chi connectivity index (χ2n) is 7.03. The van der Waals surface area contributed by atoms with Gasteiger partial charge in [-0.2, -0.15) is 0 Å². The number of hydrogen-bond acceptors (Lipinski definition) is 4. The van der Waals surface area contributed by atoms with Crippen LogP contribution in [0.15, 0.2) is 83.8 Å². The van der Waals surface area contributed by atoms with Gasteiger partial charge in [-0.15, -0.1) is 0 Å². The van der Waals surface area contributed by atoms with Crippen molar-refractivity contribution in [1.29, 1.82) is 0 Å². The van der Waals surface area contributed by atoms with Gasteiger partial charge in [-0.3, -0.25) is 9.10 Å². The Morgan fingerprint density at radius 1 is 0.968 bits per heavy atom. The number of nitrogens with zero attached hydrogens (tertiary/aromatic N) is 1. The molecule has 0 saturated heterocycles. The largest absolute Gasteiger partial charge is 0.494 e. The molecule has 3 rings (SSSR count). The Bertz CT molecular complexity index is 1110. The molecule has 0 bridgehead atoms. The lowest BCUT2D eigenvalue weighted by Crippen LogP contribution is -2.28. The number of rotatable bonds is 8. The zero-order valence-corrected chi connectivity index (χ0v) is 18.6. The number of para-hydroxylation sites is 1. The second-order valence-corrected chi connectivity index (χ2v) is 9.00. The molecule has 0 heterocycles. The summed E-state index contributed by atoms with van der Waals surface area (Å²) in [5, 5.41) is 2.93. The van der Waals surface area contributed by atoms with Crippen LogP contribution in [0.4, 0.5) is 5.69 Å². The van der Waals surface area contributed by atoms with Gasteiger partial charge in [0.05, 0.1) is 23.2 Å². The summed E-state index contributed by atoms with van der Waals surface area (Å²) in [6, 6.07) is 22.1. The molecule has 0 radical (unpaired) electrons. The van der Waals surface area contributed by atoms with Crippen LogP contribution in [-0.4, -0.2) is 28.0 Å². The number of amides is 1. The van der Waals surface area contributed by atoms with E-state index in [2.05, 4.69) is 5.32 Å². The summed E-state index contributed by atoms with van der Waals surface area (Å²) in [6.45, 7) is 4.41. The fourth-order valence-corrected chi connectivity index (χ4v) is 4.29. The lowest BCUT2D eigenvalue weighted by Gasteiger charge is -2.19. The Labute approximate surface area is 183 Å². The average Bonchev–Trinajstić information content (AvgIpc) is 2.79. The summed E-state index contributed by atoms with van der Waals surface area (Å²) in [5.74, 6) is 0.504. The molecule has 1 N–H and O–H groups in total. The monoisotopic (exact) mass is 438 g/mol. The van der Waals surface area contributed by atoms with Crippen LogP contribution in [-0.2, 0) is 10.0 Å². The number of benzene rings is 3. The van der Waals surface area contributed by atoms with Crippen molar-refractivity contribution in [3.63, 3.8) is 0 Å². The smallest absolute Gasteiger partial charge is 0.264 e.